The number of fused-ring (bicyclic) bond motifs is 1. The highest BCUT2D eigenvalue weighted by Gasteiger charge is 2.45. The Morgan fingerprint density at radius 1 is 0.789 bits per heavy atom. The number of piperazine rings is 1. The van der Waals surface area contributed by atoms with Crippen LogP contribution in [0.3, 0.4) is 0 Å². The highest BCUT2D eigenvalue weighted by molar-refractivity contribution is 6.31. The largest absolute Gasteiger partial charge is 0.490 e. The van der Waals surface area contributed by atoms with Gasteiger partial charge >= 0.3 is 0 Å². The molecule has 2 N–H and O–H groups in total. The van der Waals surface area contributed by atoms with E-state index in [1.54, 1.807) is 30.3 Å². The van der Waals surface area contributed by atoms with E-state index < -0.39 is 29.7 Å². The number of imide groups is 2. The minimum absolute atomic E-state index is 0.0463. The number of nitriles is 1. The molecule has 3 aromatic rings. The molecular weight excluding hydrogens is 746 g/mol. The lowest BCUT2D eigenvalue weighted by molar-refractivity contribution is -0.136. The second kappa shape index (κ2) is 16.6. The monoisotopic (exact) mass is 791 g/mol. The van der Waals surface area contributed by atoms with Crippen LogP contribution in [0.2, 0.25) is 5.02 Å². The zero-order chi connectivity index (χ0) is 39.6. The van der Waals surface area contributed by atoms with Gasteiger partial charge in [0.05, 0.1) is 27.8 Å². The molecule has 0 radical (unpaired) electrons. The second-order valence-electron chi connectivity index (χ2n) is 15.8. The Bertz CT molecular complexity index is 2100. The maximum absolute atomic E-state index is 13.3. The Labute approximate surface area is 336 Å². The number of hydrogen-bond donors (Lipinski definition) is 2. The van der Waals surface area contributed by atoms with Crippen molar-refractivity contribution in [2.24, 2.45) is 5.92 Å². The van der Waals surface area contributed by atoms with Gasteiger partial charge in [-0.3, -0.25) is 39.1 Å². The molecular formula is C43H46ClN7O6. The van der Waals surface area contributed by atoms with E-state index in [9.17, 15) is 24.0 Å². The van der Waals surface area contributed by atoms with Crippen LogP contribution in [0.1, 0.15) is 88.0 Å². The number of nitrogens with one attached hydrogen (secondary N) is 2. The average Bonchev–Trinajstić information content (AvgIpc) is 3.47. The van der Waals surface area contributed by atoms with Crippen molar-refractivity contribution in [1.29, 1.82) is 5.26 Å². The molecule has 1 atom stereocenters. The van der Waals surface area contributed by atoms with Crippen molar-refractivity contribution in [3.05, 3.63) is 87.9 Å². The molecule has 0 bridgehead atoms. The Kier molecular flexibility index (Phi) is 11.2. The summed E-state index contributed by atoms with van der Waals surface area (Å²) in [5.74, 6) is -0.768. The lowest BCUT2D eigenvalue weighted by Crippen LogP contribution is -2.54. The first-order valence-corrected chi connectivity index (χ1v) is 20.4. The van der Waals surface area contributed by atoms with E-state index in [4.69, 9.17) is 21.6 Å². The number of carbonyl (C=O) groups is 5. The van der Waals surface area contributed by atoms with Crippen molar-refractivity contribution in [3.63, 3.8) is 0 Å². The summed E-state index contributed by atoms with van der Waals surface area (Å²) in [6.07, 6.45) is 5.78. The van der Waals surface area contributed by atoms with Gasteiger partial charge in [0, 0.05) is 81.3 Å². The molecule has 1 aliphatic carbocycles. The summed E-state index contributed by atoms with van der Waals surface area (Å²) in [7, 11) is 0. The van der Waals surface area contributed by atoms with E-state index in [0.29, 0.717) is 38.9 Å². The number of carbonyl (C=O) groups excluding carboxylic acids is 5. The summed E-state index contributed by atoms with van der Waals surface area (Å²) in [4.78, 5) is 71.7. The Hall–Kier alpha value is -5.45. The SMILES string of the molecule is N#Cc1ccc(O[C@H]2CC[C@H](NC(=O)c3ccc(N4CCC(CN5CCN(c6ccc7c(c6)C(=O)N(C6CCC(=O)NC6=O)C7=O)CC5)CC4)cc3)CC2)cc1Cl. The lowest BCUT2D eigenvalue weighted by atomic mass is 9.92. The zero-order valence-electron chi connectivity index (χ0n) is 31.8. The number of benzene rings is 3. The van der Waals surface area contributed by atoms with Crippen molar-refractivity contribution in [1.82, 2.24) is 20.4 Å². The van der Waals surface area contributed by atoms with E-state index in [1.165, 1.54) is 0 Å². The molecule has 4 aliphatic heterocycles. The predicted octanol–water partition coefficient (Wildman–Crippen LogP) is 4.77. The van der Waals surface area contributed by atoms with Gasteiger partial charge in [0.15, 0.2) is 0 Å². The Morgan fingerprint density at radius 2 is 1.47 bits per heavy atom. The van der Waals surface area contributed by atoms with Crippen molar-refractivity contribution >= 4 is 52.5 Å². The molecule has 14 heteroatoms. The topological polar surface area (TPSA) is 155 Å². The Balaban J connectivity index is 0.753. The maximum Gasteiger partial charge on any atom is 0.262 e. The second-order valence-corrected chi connectivity index (χ2v) is 16.2. The van der Waals surface area contributed by atoms with E-state index in [2.05, 4.69) is 43.5 Å². The van der Waals surface area contributed by atoms with Gasteiger partial charge in [0.25, 0.3) is 17.7 Å². The van der Waals surface area contributed by atoms with Gasteiger partial charge in [-0.25, -0.2) is 0 Å². The van der Waals surface area contributed by atoms with E-state index in [-0.39, 0.29) is 30.9 Å². The molecule has 8 rings (SSSR count). The number of nitrogens with zero attached hydrogens (tertiary/aromatic N) is 5. The zero-order valence-corrected chi connectivity index (χ0v) is 32.5. The molecule has 0 spiro atoms. The van der Waals surface area contributed by atoms with E-state index in [1.807, 2.05) is 18.2 Å². The number of anilines is 2. The Morgan fingerprint density at radius 3 is 2.16 bits per heavy atom. The molecule has 13 nitrogen and oxygen atoms in total. The third-order valence-electron chi connectivity index (χ3n) is 12.2. The van der Waals surface area contributed by atoms with Crippen LogP contribution in [0, 0.1) is 17.2 Å². The number of piperidine rings is 2. The quantitative estimate of drug-likeness (QED) is 0.290. The highest BCUT2D eigenvalue weighted by atomic mass is 35.5. The van der Waals surface area contributed by atoms with Crippen LogP contribution < -0.4 is 25.2 Å². The fraction of sp³-hybridized carbons (Fsp3) is 0.442. The summed E-state index contributed by atoms with van der Waals surface area (Å²) < 4.78 is 6.10. The number of amides is 5. The minimum Gasteiger partial charge on any atom is -0.490 e. The van der Waals surface area contributed by atoms with Crippen LogP contribution in [0.15, 0.2) is 60.7 Å². The summed E-state index contributed by atoms with van der Waals surface area (Å²) in [6.45, 7) is 6.39. The molecule has 296 valence electrons. The smallest absolute Gasteiger partial charge is 0.262 e. The van der Waals surface area contributed by atoms with Crippen LogP contribution in [-0.4, -0.2) is 103 Å². The van der Waals surface area contributed by atoms with Gasteiger partial charge in [-0.05, 0) is 105 Å². The van der Waals surface area contributed by atoms with Gasteiger partial charge < -0.3 is 19.9 Å². The fourth-order valence-corrected chi connectivity index (χ4v) is 9.07. The van der Waals surface area contributed by atoms with Crippen molar-refractivity contribution in [3.8, 4) is 11.8 Å². The molecule has 3 saturated heterocycles. The van der Waals surface area contributed by atoms with Crippen LogP contribution >= 0.6 is 11.6 Å². The normalized spacial score (nSPS) is 23.2. The number of hydrogen-bond acceptors (Lipinski definition) is 10. The molecule has 3 aromatic carbocycles. The van der Waals surface area contributed by atoms with Crippen LogP contribution in [0.5, 0.6) is 5.75 Å². The van der Waals surface area contributed by atoms with Crippen LogP contribution in [0.25, 0.3) is 0 Å². The third-order valence-corrected chi connectivity index (χ3v) is 12.5. The molecule has 5 amide bonds. The van der Waals surface area contributed by atoms with Gasteiger partial charge in [0.1, 0.15) is 17.9 Å². The van der Waals surface area contributed by atoms with Crippen LogP contribution in [0.4, 0.5) is 11.4 Å². The number of halogens is 1. The third kappa shape index (κ3) is 8.34. The number of ether oxygens (including phenoxy) is 1. The summed E-state index contributed by atoms with van der Waals surface area (Å²) in [6, 6.07) is 19.6. The first-order valence-electron chi connectivity index (χ1n) is 20.0. The van der Waals surface area contributed by atoms with Crippen molar-refractivity contribution in [2.75, 3.05) is 55.6 Å². The maximum atomic E-state index is 13.3. The minimum atomic E-state index is -0.971. The first kappa shape index (κ1) is 38.4. The van der Waals surface area contributed by atoms with Gasteiger partial charge in [-0.2, -0.15) is 5.26 Å². The molecule has 4 heterocycles. The van der Waals surface area contributed by atoms with Gasteiger partial charge in [0.2, 0.25) is 11.8 Å². The van der Waals surface area contributed by atoms with E-state index >= 15 is 0 Å². The van der Waals surface area contributed by atoms with Crippen molar-refractivity contribution in [2.45, 2.75) is 69.6 Å². The molecule has 1 unspecified atom stereocenters. The summed E-state index contributed by atoms with van der Waals surface area (Å²) >= 11 is 6.15. The van der Waals surface area contributed by atoms with E-state index in [0.717, 1.165) is 101 Å². The molecule has 5 aliphatic rings. The van der Waals surface area contributed by atoms with Gasteiger partial charge in [-0.15, -0.1) is 0 Å². The summed E-state index contributed by atoms with van der Waals surface area (Å²) in [5.41, 5.74) is 3.71. The van der Waals surface area contributed by atoms with Gasteiger partial charge in [-0.1, -0.05) is 11.6 Å². The standard InChI is InChI=1S/C43H46ClN7O6/c44-37-24-34(9-3-29(37)25-45)57-33-10-4-30(5-11-33)46-40(53)28-1-6-31(7-2-28)49-17-15-27(16-18-49)26-48-19-21-50(22-20-48)32-8-12-35-36(23-32)43(56)51(42(35)55)38-13-14-39(52)47-41(38)54/h1-3,6-9,12,23-24,27,30,33,38H,4-5,10-11,13-22,26H2,(H,46,53)(H,47,52,54)/t30-,33-,38?. The fourth-order valence-electron chi connectivity index (χ4n) is 8.85. The number of rotatable bonds is 9. The molecule has 57 heavy (non-hydrogen) atoms. The van der Waals surface area contributed by atoms with Crippen LogP contribution in [-0.2, 0) is 9.59 Å². The first-order chi connectivity index (χ1) is 27.6. The predicted molar refractivity (Wildman–Crippen MR) is 213 cm³/mol. The molecule has 0 aromatic heterocycles. The highest BCUT2D eigenvalue weighted by Crippen LogP contribution is 2.32. The van der Waals surface area contributed by atoms with Crippen molar-refractivity contribution < 1.29 is 28.7 Å². The lowest BCUT2D eigenvalue weighted by Gasteiger charge is -2.40. The molecule has 4 fully saturated rings. The molecule has 1 saturated carbocycles. The average molecular weight is 792 g/mol. The summed E-state index contributed by atoms with van der Waals surface area (Å²) in [5, 5.41) is 14.9.